The predicted molar refractivity (Wildman–Crippen MR) is 82.4 cm³/mol. The number of nitrogens with one attached hydrogen (secondary N) is 1. The number of aromatic nitrogens is 2. The van der Waals surface area contributed by atoms with Crippen molar-refractivity contribution in [1.82, 2.24) is 9.55 Å². The quantitative estimate of drug-likeness (QED) is 0.661. The number of H-pyrrole nitrogens is 1. The van der Waals surface area contributed by atoms with Crippen LogP contribution in [0.5, 0.6) is 0 Å². The maximum Gasteiger partial charge on any atom is 0.178 e. The van der Waals surface area contributed by atoms with Gasteiger partial charge in [-0.15, -0.1) is 0 Å². The fourth-order valence-electron chi connectivity index (χ4n) is 2.36. The predicted octanol–water partition coefficient (Wildman–Crippen LogP) is 4.96. The van der Waals surface area contributed by atoms with E-state index in [1.54, 1.807) is 0 Å². The molecule has 0 bridgehead atoms. The Labute approximate surface area is 121 Å². The lowest BCUT2D eigenvalue weighted by Gasteiger charge is -2.15. The number of aromatic amines is 1. The second kappa shape index (κ2) is 4.83. The molecule has 0 saturated heterocycles. The number of nitrogens with zero attached hydrogens (tertiary/aromatic N) is 1. The van der Waals surface area contributed by atoms with Crippen molar-refractivity contribution in [3.05, 3.63) is 63.9 Å². The van der Waals surface area contributed by atoms with Gasteiger partial charge in [-0.1, -0.05) is 41.9 Å². The molecule has 1 atom stereocenters. The summed E-state index contributed by atoms with van der Waals surface area (Å²) in [6, 6.07) is 16.2. The van der Waals surface area contributed by atoms with Crippen molar-refractivity contribution in [2.24, 2.45) is 0 Å². The molecule has 2 aromatic carbocycles. The Morgan fingerprint density at radius 2 is 1.89 bits per heavy atom. The highest BCUT2D eigenvalue weighted by molar-refractivity contribution is 7.71. The lowest BCUT2D eigenvalue weighted by Crippen LogP contribution is -2.06. The van der Waals surface area contributed by atoms with Gasteiger partial charge in [0.25, 0.3) is 0 Å². The van der Waals surface area contributed by atoms with Gasteiger partial charge in [0.05, 0.1) is 17.1 Å². The van der Waals surface area contributed by atoms with Gasteiger partial charge in [-0.05, 0) is 42.9 Å². The van der Waals surface area contributed by atoms with Crippen molar-refractivity contribution >= 4 is 34.9 Å². The molecule has 0 saturated carbocycles. The van der Waals surface area contributed by atoms with Crippen LogP contribution in [0.3, 0.4) is 0 Å². The Balaban J connectivity index is 2.22. The van der Waals surface area contributed by atoms with E-state index >= 15 is 0 Å². The molecule has 0 fully saturated rings. The second-order valence-electron chi connectivity index (χ2n) is 4.55. The Kier molecular flexibility index (Phi) is 3.17. The summed E-state index contributed by atoms with van der Waals surface area (Å²) in [5.41, 5.74) is 3.27. The van der Waals surface area contributed by atoms with Gasteiger partial charge < -0.3 is 9.55 Å². The molecular weight excluding hydrogens is 276 g/mol. The molecule has 0 aliphatic rings. The lowest BCUT2D eigenvalue weighted by atomic mass is 10.1. The standard InChI is InChI=1S/C15H13ClN2S/c1-10(11-5-3-2-4-6-11)18-14-9-12(16)7-8-13(14)17-15(18)19/h2-10H,1H3,(H,17,19). The van der Waals surface area contributed by atoms with E-state index in [0.29, 0.717) is 4.77 Å². The minimum absolute atomic E-state index is 0.168. The number of fused-ring (bicyclic) bond motifs is 1. The number of benzene rings is 2. The fraction of sp³-hybridized carbons (Fsp3) is 0.133. The molecule has 0 aliphatic carbocycles. The van der Waals surface area contributed by atoms with Gasteiger partial charge in [-0.2, -0.15) is 0 Å². The minimum atomic E-state index is 0.168. The summed E-state index contributed by atoms with van der Waals surface area (Å²) in [6.45, 7) is 2.14. The van der Waals surface area contributed by atoms with Crippen LogP contribution in [0.2, 0.25) is 5.02 Å². The maximum absolute atomic E-state index is 6.09. The highest BCUT2D eigenvalue weighted by atomic mass is 35.5. The molecule has 3 rings (SSSR count). The highest BCUT2D eigenvalue weighted by Gasteiger charge is 2.12. The molecule has 19 heavy (non-hydrogen) atoms. The Bertz CT molecular complexity index is 774. The van der Waals surface area contributed by atoms with Crippen LogP contribution in [0.25, 0.3) is 11.0 Å². The molecule has 2 nitrogen and oxygen atoms in total. The zero-order valence-corrected chi connectivity index (χ0v) is 12.0. The molecule has 1 aromatic heterocycles. The van der Waals surface area contributed by atoms with Crippen molar-refractivity contribution in [3.8, 4) is 0 Å². The summed E-state index contributed by atoms with van der Waals surface area (Å²) in [4.78, 5) is 3.22. The number of halogens is 1. The zero-order chi connectivity index (χ0) is 13.4. The molecule has 0 radical (unpaired) electrons. The van der Waals surface area contributed by atoms with E-state index in [-0.39, 0.29) is 6.04 Å². The van der Waals surface area contributed by atoms with E-state index in [4.69, 9.17) is 23.8 Å². The first kappa shape index (κ1) is 12.5. The molecule has 1 N–H and O–H groups in total. The summed E-state index contributed by atoms with van der Waals surface area (Å²) < 4.78 is 2.82. The third kappa shape index (κ3) is 2.20. The largest absolute Gasteiger partial charge is 0.331 e. The molecule has 0 aliphatic heterocycles. The van der Waals surface area contributed by atoms with Crippen LogP contribution in [0.15, 0.2) is 48.5 Å². The average Bonchev–Trinajstić information content (AvgIpc) is 2.74. The molecule has 3 aromatic rings. The summed E-state index contributed by atoms with van der Waals surface area (Å²) >= 11 is 11.5. The first-order valence-electron chi connectivity index (χ1n) is 6.11. The third-order valence-corrected chi connectivity index (χ3v) is 3.88. The average molecular weight is 289 g/mol. The molecule has 1 unspecified atom stereocenters. The van der Waals surface area contributed by atoms with Crippen molar-refractivity contribution in [3.63, 3.8) is 0 Å². The van der Waals surface area contributed by atoms with Crippen LogP contribution in [-0.2, 0) is 0 Å². The molecule has 1 heterocycles. The monoisotopic (exact) mass is 288 g/mol. The number of rotatable bonds is 2. The molecular formula is C15H13ClN2S. The van der Waals surface area contributed by atoms with Crippen LogP contribution in [0.4, 0.5) is 0 Å². The van der Waals surface area contributed by atoms with Gasteiger partial charge in [0.2, 0.25) is 0 Å². The summed E-state index contributed by atoms with van der Waals surface area (Å²) in [5.74, 6) is 0. The van der Waals surface area contributed by atoms with Crippen molar-refractivity contribution in [2.45, 2.75) is 13.0 Å². The van der Waals surface area contributed by atoms with E-state index in [0.717, 1.165) is 16.1 Å². The first-order chi connectivity index (χ1) is 9.16. The van der Waals surface area contributed by atoms with Crippen molar-refractivity contribution < 1.29 is 0 Å². The summed E-state index contributed by atoms with van der Waals surface area (Å²) in [6.07, 6.45) is 0. The van der Waals surface area contributed by atoms with Crippen LogP contribution in [-0.4, -0.2) is 9.55 Å². The molecule has 0 spiro atoms. The van der Waals surface area contributed by atoms with E-state index in [9.17, 15) is 0 Å². The Hall–Kier alpha value is -1.58. The topological polar surface area (TPSA) is 20.7 Å². The lowest BCUT2D eigenvalue weighted by molar-refractivity contribution is 0.649. The minimum Gasteiger partial charge on any atom is -0.331 e. The van der Waals surface area contributed by atoms with E-state index in [1.807, 2.05) is 36.4 Å². The van der Waals surface area contributed by atoms with Crippen LogP contribution >= 0.6 is 23.8 Å². The number of hydrogen-bond donors (Lipinski definition) is 1. The van der Waals surface area contributed by atoms with Gasteiger partial charge in [0, 0.05) is 5.02 Å². The Morgan fingerprint density at radius 1 is 1.16 bits per heavy atom. The van der Waals surface area contributed by atoms with Gasteiger partial charge in [0.15, 0.2) is 4.77 Å². The zero-order valence-electron chi connectivity index (χ0n) is 10.4. The van der Waals surface area contributed by atoms with Crippen LogP contribution in [0, 0.1) is 4.77 Å². The van der Waals surface area contributed by atoms with Crippen molar-refractivity contribution in [1.29, 1.82) is 0 Å². The number of hydrogen-bond acceptors (Lipinski definition) is 1. The number of imidazole rings is 1. The van der Waals surface area contributed by atoms with E-state index in [2.05, 4.69) is 28.6 Å². The highest BCUT2D eigenvalue weighted by Crippen LogP contribution is 2.26. The van der Waals surface area contributed by atoms with Crippen molar-refractivity contribution in [2.75, 3.05) is 0 Å². The molecule has 96 valence electrons. The first-order valence-corrected chi connectivity index (χ1v) is 6.90. The SMILES string of the molecule is CC(c1ccccc1)n1c(=S)[nH]c2ccc(Cl)cc21. The summed E-state index contributed by atoms with van der Waals surface area (Å²) in [5, 5.41) is 0.718. The van der Waals surface area contributed by atoms with Gasteiger partial charge in [-0.25, -0.2) is 0 Å². The van der Waals surface area contributed by atoms with Gasteiger partial charge in [-0.3, -0.25) is 0 Å². The van der Waals surface area contributed by atoms with Crippen LogP contribution in [0.1, 0.15) is 18.5 Å². The summed E-state index contributed by atoms with van der Waals surface area (Å²) in [7, 11) is 0. The van der Waals surface area contributed by atoms with E-state index in [1.165, 1.54) is 5.56 Å². The smallest absolute Gasteiger partial charge is 0.178 e. The third-order valence-electron chi connectivity index (χ3n) is 3.35. The van der Waals surface area contributed by atoms with Gasteiger partial charge >= 0.3 is 0 Å². The van der Waals surface area contributed by atoms with Crippen LogP contribution < -0.4 is 0 Å². The fourth-order valence-corrected chi connectivity index (χ4v) is 2.89. The van der Waals surface area contributed by atoms with Gasteiger partial charge in [0.1, 0.15) is 0 Å². The van der Waals surface area contributed by atoms with E-state index < -0.39 is 0 Å². The second-order valence-corrected chi connectivity index (χ2v) is 5.37. The normalized spacial score (nSPS) is 12.7. The molecule has 0 amide bonds. The maximum atomic E-state index is 6.09. The molecule has 4 heteroatoms. The Morgan fingerprint density at radius 3 is 2.63 bits per heavy atom.